The average Bonchev–Trinajstić information content (AvgIpc) is 3.19. The molecule has 0 N–H and O–H groups in total. The first-order valence-corrected chi connectivity index (χ1v) is 11.3. The summed E-state index contributed by atoms with van der Waals surface area (Å²) in [6, 6.07) is 37.1. The summed E-state index contributed by atoms with van der Waals surface area (Å²) in [6.45, 7) is 0. The van der Waals surface area contributed by atoms with E-state index in [-0.39, 0.29) is 0 Å². The Morgan fingerprint density at radius 2 is 1.09 bits per heavy atom. The second-order valence-corrected chi connectivity index (χ2v) is 8.16. The van der Waals surface area contributed by atoms with Crippen LogP contribution in [0.5, 0.6) is 0 Å². The lowest BCUT2D eigenvalue weighted by molar-refractivity contribution is 0.428. The minimum atomic E-state index is -0.608. The van der Waals surface area contributed by atoms with Gasteiger partial charge in [0.05, 0.1) is 17.1 Å². The Morgan fingerprint density at radius 3 is 1.69 bits per heavy atom. The largest absolute Gasteiger partial charge is 0.373 e. The Labute approximate surface area is 201 Å². The van der Waals surface area contributed by atoms with Gasteiger partial charge < -0.3 is 0 Å². The van der Waals surface area contributed by atoms with Crippen LogP contribution in [0, 0.1) is 0 Å². The summed E-state index contributed by atoms with van der Waals surface area (Å²) in [5.74, 6) is 0. The summed E-state index contributed by atoms with van der Waals surface area (Å²) >= 11 is 0. The smallest absolute Gasteiger partial charge is 0.245 e. The summed E-state index contributed by atoms with van der Waals surface area (Å²) in [6.07, 6.45) is 0. The van der Waals surface area contributed by atoms with Crippen LogP contribution < -0.4 is 16.5 Å². The third-order valence-corrected chi connectivity index (χ3v) is 6.03. The summed E-state index contributed by atoms with van der Waals surface area (Å²) in [7, 11) is 0. The van der Waals surface area contributed by atoms with Crippen molar-refractivity contribution >= 4 is 11.4 Å². The van der Waals surface area contributed by atoms with Crippen LogP contribution in [0.3, 0.4) is 0 Å². The average molecular weight is 460 g/mol. The van der Waals surface area contributed by atoms with E-state index in [4.69, 9.17) is 5.10 Å². The molecule has 0 saturated heterocycles. The molecular formula is C28H21N5O2. The number of benzene rings is 4. The van der Waals surface area contributed by atoms with Crippen molar-refractivity contribution in [2.24, 2.45) is 5.10 Å². The van der Waals surface area contributed by atoms with E-state index in [0.717, 1.165) is 11.1 Å². The van der Waals surface area contributed by atoms with Crippen LogP contribution in [-0.4, -0.2) is 19.8 Å². The van der Waals surface area contributed by atoms with Crippen LogP contribution >= 0.6 is 0 Å². The lowest BCUT2D eigenvalue weighted by atomic mass is 9.96. The molecular weight excluding hydrogens is 438 g/mol. The highest BCUT2D eigenvalue weighted by molar-refractivity contribution is 6.05. The fourth-order valence-corrected chi connectivity index (χ4v) is 4.44. The molecule has 1 atom stereocenters. The molecule has 0 spiro atoms. The zero-order valence-corrected chi connectivity index (χ0v) is 18.7. The van der Waals surface area contributed by atoms with Gasteiger partial charge in [-0.2, -0.15) is 9.78 Å². The van der Waals surface area contributed by atoms with Gasteiger partial charge in [0, 0.05) is 5.56 Å². The molecule has 0 saturated carbocycles. The van der Waals surface area contributed by atoms with Crippen LogP contribution in [0.4, 0.5) is 5.69 Å². The van der Waals surface area contributed by atoms with E-state index in [9.17, 15) is 9.59 Å². The Balaban J connectivity index is 1.71. The lowest BCUT2D eigenvalue weighted by Gasteiger charge is -2.33. The van der Waals surface area contributed by atoms with Crippen molar-refractivity contribution in [2.45, 2.75) is 6.04 Å². The number of anilines is 1. The molecule has 7 heteroatoms. The second kappa shape index (κ2) is 8.46. The molecule has 170 valence electrons. The van der Waals surface area contributed by atoms with Crippen molar-refractivity contribution in [3.63, 3.8) is 0 Å². The highest BCUT2D eigenvalue weighted by Gasteiger charge is 2.36. The first kappa shape index (κ1) is 20.7. The summed E-state index contributed by atoms with van der Waals surface area (Å²) < 4.78 is 2.68. The summed E-state index contributed by atoms with van der Waals surface area (Å²) in [5.41, 5.74) is 2.59. The maximum absolute atomic E-state index is 14.0. The van der Waals surface area contributed by atoms with Gasteiger partial charge in [0.1, 0.15) is 6.04 Å². The molecule has 1 aromatic heterocycles. The van der Waals surface area contributed by atoms with Crippen molar-refractivity contribution in [1.82, 2.24) is 14.0 Å². The predicted molar refractivity (Wildman–Crippen MR) is 136 cm³/mol. The van der Waals surface area contributed by atoms with E-state index in [1.807, 2.05) is 97.1 Å². The second-order valence-electron chi connectivity index (χ2n) is 8.16. The molecule has 0 radical (unpaired) electrons. The quantitative estimate of drug-likeness (QED) is 0.407. The monoisotopic (exact) mass is 459 g/mol. The van der Waals surface area contributed by atoms with E-state index in [1.54, 1.807) is 24.3 Å². The van der Waals surface area contributed by atoms with Crippen molar-refractivity contribution in [1.29, 1.82) is 0 Å². The Bertz CT molecular complexity index is 1620. The number of hydrogen-bond donors (Lipinski definition) is 0. The number of fused-ring (bicyclic) bond motifs is 1. The van der Waals surface area contributed by atoms with Gasteiger partial charge in [-0.1, -0.05) is 97.1 Å². The van der Waals surface area contributed by atoms with E-state index in [0.29, 0.717) is 17.1 Å². The Morgan fingerprint density at radius 1 is 0.571 bits per heavy atom. The Kier molecular flexibility index (Phi) is 5.00. The van der Waals surface area contributed by atoms with Crippen molar-refractivity contribution in [3.8, 4) is 5.69 Å². The molecule has 2 heterocycles. The highest BCUT2D eigenvalue weighted by atomic mass is 16.2. The minimum absolute atomic E-state index is 0.445. The van der Waals surface area contributed by atoms with Crippen LogP contribution in [-0.2, 0) is 0 Å². The van der Waals surface area contributed by atoms with Gasteiger partial charge in [0.2, 0.25) is 0 Å². The van der Waals surface area contributed by atoms with Gasteiger partial charge in [0.15, 0.2) is 0 Å². The lowest BCUT2D eigenvalue weighted by Crippen LogP contribution is -2.48. The van der Waals surface area contributed by atoms with E-state index in [1.165, 1.54) is 19.2 Å². The van der Waals surface area contributed by atoms with Crippen LogP contribution in [0.25, 0.3) is 5.69 Å². The van der Waals surface area contributed by atoms with Crippen molar-refractivity contribution in [2.75, 3.05) is 5.12 Å². The Hall–Kier alpha value is -4.91. The SMILES string of the molecule is O=c1n(-c2ccccc2)c(=O)n2n1C(c1ccccc1)C(c1ccccc1)=NN2c1ccccc1. The maximum atomic E-state index is 14.0. The van der Waals surface area contributed by atoms with Gasteiger partial charge in [0.25, 0.3) is 0 Å². The third-order valence-electron chi connectivity index (χ3n) is 6.03. The normalized spacial score (nSPS) is 14.9. The molecule has 6 rings (SSSR count). The molecule has 0 fully saturated rings. The molecule has 7 nitrogen and oxygen atoms in total. The van der Waals surface area contributed by atoms with Crippen molar-refractivity contribution < 1.29 is 0 Å². The zero-order chi connectivity index (χ0) is 23.8. The first-order chi connectivity index (χ1) is 17.2. The first-order valence-electron chi connectivity index (χ1n) is 11.3. The number of aromatic nitrogens is 3. The van der Waals surface area contributed by atoms with E-state index < -0.39 is 17.4 Å². The van der Waals surface area contributed by atoms with Gasteiger partial charge in [-0.05, 0) is 29.8 Å². The fourth-order valence-electron chi connectivity index (χ4n) is 4.44. The van der Waals surface area contributed by atoms with Gasteiger partial charge >= 0.3 is 11.4 Å². The molecule has 0 amide bonds. The van der Waals surface area contributed by atoms with Gasteiger partial charge in [-0.3, -0.25) is 0 Å². The van der Waals surface area contributed by atoms with Crippen molar-refractivity contribution in [3.05, 3.63) is 153 Å². The minimum Gasteiger partial charge on any atom is -0.245 e. The van der Waals surface area contributed by atoms with Gasteiger partial charge in [-0.15, -0.1) is 9.91 Å². The number of nitrogens with zero attached hydrogens (tertiary/aromatic N) is 5. The number of rotatable bonds is 4. The van der Waals surface area contributed by atoms with E-state index >= 15 is 0 Å². The zero-order valence-electron chi connectivity index (χ0n) is 18.7. The summed E-state index contributed by atoms with van der Waals surface area (Å²) in [4.78, 5) is 29.2. The van der Waals surface area contributed by atoms with Crippen LogP contribution in [0.15, 0.2) is 136 Å². The molecule has 1 unspecified atom stereocenters. The standard InChI is InChI=1S/C28H21N5O2/c34-27-30(23-17-9-3-10-18-23)28(35)33-31(27)26(22-15-7-2-8-16-22)25(21-13-5-1-6-14-21)29-32(33)24-19-11-4-12-20-24/h1-20,26H. The fraction of sp³-hybridized carbons (Fsp3) is 0.0357. The number of para-hydroxylation sites is 2. The molecule has 4 aromatic carbocycles. The number of hydrazone groups is 1. The van der Waals surface area contributed by atoms with E-state index in [2.05, 4.69) is 0 Å². The number of hydrogen-bond acceptors (Lipinski definition) is 4. The van der Waals surface area contributed by atoms with Crippen LogP contribution in [0.1, 0.15) is 17.2 Å². The molecule has 5 aromatic rings. The van der Waals surface area contributed by atoms with Gasteiger partial charge in [-0.25, -0.2) is 14.2 Å². The topological polar surface area (TPSA) is 64.5 Å². The third kappa shape index (κ3) is 3.41. The summed E-state index contributed by atoms with van der Waals surface area (Å²) in [5, 5.41) is 6.48. The molecule has 1 aliphatic rings. The molecule has 1 aliphatic heterocycles. The predicted octanol–water partition coefficient (Wildman–Crippen LogP) is 4.08. The molecule has 0 aliphatic carbocycles. The molecule has 0 bridgehead atoms. The molecule has 35 heavy (non-hydrogen) atoms. The maximum Gasteiger partial charge on any atom is 0.373 e. The highest BCUT2D eigenvalue weighted by Crippen LogP contribution is 2.29. The van der Waals surface area contributed by atoms with Crippen LogP contribution in [0.2, 0.25) is 0 Å².